The summed E-state index contributed by atoms with van der Waals surface area (Å²) in [5.41, 5.74) is 15.6. The summed E-state index contributed by atoms with van der Waals surface area (Å²) in [5, 5.41) is 6.71. The molecule has 4 heterocycles. The van der Waals surface area contributed by atoms with Crippen LogP contribution >= 0.6 is 0 Å². The van der Waals surface area contributed by atoms with E-state index in [0.29, 0.717) is 17.6 Å². The Kier molecular flexibility index (Phi) is 8.79. The summed E-state index contributed by atoms with van der Waals surface area (Å²) in [5.74, 6) is 1.71. The third-order valence-corrected chi connectivity index (χ3v) is 13.6. The first kappa shape index (κ1) is 38.8. The van der Waals surface area contributed by atoms with E-state index in [9.17, 15) is 0 Å². The second-order valence-corrected chi connectivity index (χ2v) is 17.6. The monoisotopic (exact) mass is 881 g/mol. The lowest BCUT2D eigenvalue weighted by Crippen LogP contribution is -2.07. The molecule has 14 rings (SSSR count). The molecule has 6 heteroatoms. The lowest BCUT2D eigenvalue weighted by atomic mass is 9.98. The highest BCUT2D eigenvalue weighted by molar-refractivity contribution is 6.24. The molecule has 0 aliphatic carbocycles. The molecule has 6 nitrogen and oxygen atoms in total. The standard InChI is InChI=1S/C63H39N5O/c1-4-16-40(17-5-1)42-20-14-21-43(36-42)44-22-15-23-47(37-44)62-64-61(41-18-6-2-7-19-41)65-63(66-62)68-56-34-30-45(46-31-35-58-54(39-46)50-27-11-13-29-57(50)69-58)38-53(56)52-33-32-51-49-26-10-12-28-55(49)67(59(51)60(52)68)48-24-8-3-9-25-48/h1-39H. The average Bonchev–Trinajstić information content (AvgIpc) is 4.09. The van der Waals surface area contributed by atoms with Crippen LogP contribution in [0.1, 0.15) is 0 Å². The first-order valence-corrected chi connectivity index (χ1v) is 23.3. The van der Waals surface area contributed by atoms with E-state index >= 15 is 0 Å². The molecule has 0 bridgehead atoms. The molecule has 0 aliphatic heterocycles. The SMILES string of the molecule is c1ccc(-c2cccc(-c3cccc(-c4nc(-c5ccccc5)nc(-n5c6ccc(-c7ccc8oc9ccccc9c8c7)cc6c6ccc7c8ccccc8n(-c8ccccc8)c7c65)n4)c3)c2)cc1. The number of rotatable bonds is 7. The van der Waals surface area contributed by atoms with Gasteiger partial charge in [0.05, 0.1) is 22.1 Å². The largest absolute Gasteiger partial charge is 0.456 e. The van der Waals surface area contributed by atoms with Gasteiger partial charge >= 0.3 is 0 Å². The minimum atomic E-state index is 0.534. The maximum Gasteiger partial charge on any atom is 0.238 e. The Morgan fingerprint density at radius 2 is 0.768 bits per heavy atom. The fourth-order valence-electron chi connectivity index (χ4n) is 10.3. The van der Waals surface area contributed by atoms with Gasteiger partial charge in [-0.15, -0.1) is 0 Å². The molecule has 10 aromatic carbocycles. The number of furan rings is 1. The van der Waals surface area contributed by atoms with Gasteiger partial charge in [0, 0.05) is 49.1 Å². The van der Waals surface area contributed by atoms with E-state index in [1.807, 2.05) is 30.3 Å². The van der Waals surface area contributed by atoms with Crippen LogP contribution in [0, 0.1) is 0 Å². The smallest absolute Gasteiger partial charge is 0.238 e. The van der Waals surface area contributed by atoms with Crippen molar-refractivity contribution in [1.82, 2.24) is 24.1 Å². The fourth-order valence-corrected chi connectivity index (χ4v) is 10.3. The summed E-state index contributed by atoms with van der Waals surface area (Å²) < 4.78 is 10.9. The van der Waals surface area contributed by atoms with Gasteiger partial charge in [0.1, 0.15) is 11.2 Å². The van der Waals surface area contributed by atoms with Crippen LogP contribution in [0.4, 0.5) is 0 Å². The van der Waals surface area contributed by atoms with Gasteiger partial charge in [0.25, 0.3) is 0 Å². The molecular weight excluding hydrogens is 843 g/mol. The zero-order chi connectivity index (χ0) is 45.4. The number of aromatic nitrogens is 5. The average molecular weight is 882 g/mol. The molecular formula is C63H39N5O. The van der Waals surface area contributed by atoms with Gasteiger partial charge in [-0.3, -0.25) is 4.57 Å². The van der Waals surface area contributed by atoms with E-state index in [-0.39, 0.29) is 0 Å². The molecule has 0 atom stereocenters. The Bertz CT molecular complexity index is 4300. The van der Waals surface area contributed by atoms with Crippen molar-refractivity contribution >= 4 is 65.6 Å². The highest BCUT2D eigenvalue weighted by Gasteiger charge is 2.24. The van der Waals surface area contributed by atoms with Crippen LogP contribution in [0.3, 0.4) is 0 Å². The van der Waals surface area contributed by atoms with Gasteiger partial charge in [-0.25, -0.2) is 4.98 Å². The van der Waals surface area contributed by atoms with E-state index in [0.717, 1.165) is 105 Å². The summed E-state index contributed by atoms with van der Waals surface area (Å²) in [6.07, 6.45) is 0. The van der Waals surface area contributed by atoms with Crippen LogP contribution in [-0.4, -0.2) is 24.1 Å². The van der Waals surface area contributed by atoms with Crippen molar-refractivity contribution in [2.24, 2.45) is 0 Å². The Morgan fingerprint density at radius 1 is 0.275 bits per heavy atom. The van der Waals surface area contributed by atoms with Gasteiger partial charge in [0.2, 0.25) is 5.95 Å². The summed E-state index contributed by atoms with van der Waals surface area (Å²) in [4.78, 5) is 16.2. The zero-order valence-electron chi connectivity index (χ0n) is 37.2. The Labute approximate surface area is 396 Å². The van der Waals surface area contributed by atoms with Crippen molar-refractivity contribution in [3.8, 4) is 67.8 Å². The molecule has 0 amide bonds. The van der Waals surface area contributed by atoms with Crippen molar-refractivity contribution < 1.29 is 4.42 Å². The van der Waals surface area contributed by atoms with Crippen LogP contribution in [0.15, 0.2) is 241 Å². The quantitative estimate of drug-likeness (QED) is 0.160. The van der Waals surface area contributed by atoms with Crippen LogP contribution in [-0.2, 0) is 0 Å². The minimum Gasteiger partial charge on any atom is -0.456 e. The zero-order valence-corrected chi connectivity index (χ0v) is 37.2. The Morgan fingerprint density at radius 3 is 1.52 bits per heavy atom. The van der Waals surface area contributed by atoms with Gasteiger partial charge in [-0.1, -0.05) is 176 Å². The fraction of sp³-hybridized carbons (Fsp3) is 0. The third-order valence-electron chi connectivity index (χ3n) is 13.6. The van der Waals surface area contributed by atoms with Gasteiger partial charge in [-0.2, -0.15) is 9.97 Å². The molecule has 0 radical (unpaired) electrons. The first-order chi connectivity index (χ1) is 34.2. The van der Waals surface area contributed by atoms with E-state index < -0.39 is 0 Å². The highest BCUT2D eigenvalue weighted by Crippen LogP contribution is 2.43. The number of para-hydroxylation sites is 3. The normalized spacial score (nSPS) is 11.8. The molecule has 0 saturated carbocycles. The predicted octanol–water partition coefficient (Wildman–Crippen LogP) is 16.3. The molecule has 4 aromatic heterocycles. The summed E-state index contributed by atoms with van der Waals surface area (Å²) in [7, 11) is 0. The van der Waals surface area contributed by atoms with E-state index in [1.54, 1.807) is 0 Å². The molecule has 0 N–H and O–H groups in total. The summed E-state index contributed by atoms with van der Waals surface area (Å²) >= 11 is 0. The molecule has 69 heavy (non-hydrogen) atoms. The second kappa shape index (κ2) is 15.6. The lowest BCUT2D eigenvalue weighted by molar-refractivity contribution is 0.669. The van der Waals surface area contributed by atoms with Crippen LogP contribution in [0.25, 0.3) is 133 Å². The topological polar surface area (TPSA) is 61.7 Å². The van der Waals surface area contributed by atoms with Crippen LogP contribution < -0.4 is 0 Å². The third kappa shape index (κ3) is 6.38. The number of fused-ring (bicyclic) bond motifs is 10. The summed E-state index contributed by atoms with van der Waals surface area (Å²) in [6.45, 7) is 0. The number of benzene rings is 10. The van der Waals surface area contributed by atoms with Gasteiger partial charge in [-0.05, 0) is 94.0 Å². The Balaban J connectivity index is 1.04. The molecule has 0 spiro atoms. The first-order valence-electron chi connectivity index (χ1n) is 23.3. The number of nitrogens with zero attached hydrogens (tertiary/aromatic N) is 5. The Hall–Kier alpha value is -9.39. The maximum absolute atomic E-state index is 6.25. The molecule has 0 fully saturated rings. The van der Waals surface area contributed by atoms with Crippen molar-refractivity contribution in [2.75, 3.05) is 0 Å². The van der Waals surface area contributed by atoms with E-state index in [2.05, 4.69) is 215 Å². The number of hydrogen-bond donors (Lipinski definition) is 0. The highest BCUT2D eigenvalue weighted by atomic mass is 16.3. The van der Waals surface area contributed by atoms with E-state index in [4.69, 9.17) is 19.4 Å². The molecule has 0 aliphatic rings. The summed E-state index contributed by atoms with van der Waals surface area (Å²) in [6, 6.07) is 83.4. The second-order valence-electron chi connectivity index (χ2n) is 17.6. The molecule has 0 unspecified atom stereocenters. The minimum absolute atomic E-state index is 0.534. The van der Waals surface area contributed by atoms with Crippen LogP contribution in [0.2, 0.25) is 0 Å². The predicted molar refractivity (Wildman–Crippen MR) is 283 cm³/mol. The molecule has 322 valence electrons. The van der Waals surface area contributed by atoms with Gasteiger partial charge in [0.15, 0.2) is 11.6 Å². The van der Waals surface area contributed by atoms with Crippen molar-refractivity contribution in [1.29, 1.82) is 0 Å². The van der Waals surface area contributed by atoms with E-state index in [1.165, 1.54) is 10.9 Å². The number of hydrogen-bond acceptors (Lipinski definition) is 4. The molecule has 0 saturated heterocycles. The van der Waals surface area contributed by atoms with Crippen molar-refractivity contribution in [3.63, 3.8) is 0 Å². The van der Waals surface area contributed by atoms with Crippen molar-refractivity contribution in [2.45, 2.75) is 0 Å². The van der Waals surface area contributed by atoms with Crippen LogP contribution in [0.5, 0.6) is 0 Å². The molecule has 14 aromatic rings. The maximum atomic E-state index is 6.25. The van der Waals surface area contributed by atoms with Gasteiger partial charge < -0.3 is 8.98 Å². The lowest BCUT2D eigenvalue weighted by Gasteiger charge is -2.14. The van der Waals surface area contributed by atoms with Crippen molar-refractivity contribution in [3.05, 3.63) is 237 Å².